The fourth-order valence-electron chi connectivity index (χ4n) is 10.1. The second kappa shape index (κ2) is 22.9. The summed E-state index contributed by atoms with van der Waals surface area (Å²) >= 11 is 0. The van der Waals surface area contributed by atoms with Gasteiger partial charge in [-0.3, -0.25) is 38.4 Å². The number of hydrogen-bond acceptors (Lipinski definition) is 12. The predicted octanol–water partition coefficient (Wildman–Crippen LogP) is 1.56. The minimum absolute atomic E-state index is 0.0151. The Bertz CT molecular complexity index is 3010. The molecule has 0 fully saturated rings. The van der Waals surface area contributed by atoms with Gasteiger partial charge in [0.25, 0.3) is 5.56 Å². The summed E-state index contributed by atoms with van der Waals surface area (Å²) in [6.07, 6.45) is 6.79. The molecular weight excluding hydrogens is 958 g/mol. The molecule has 4 aliphatic rings. The number of fused-ring (bicyclic) bond motifs is 5. The highest BCUT2D eigenvalue weighted by atomic mass is 19.1. The van der Waals surface area contributed by atoms with Crippen molar-refractivity contribution in [3.63, 3.8) is 0 Å². The van der Waals surface area contributed by atoms with Crippen LogP contribution in [0.25, 0.3) is 22.3 Å². The van der Waals surface area contributed by atoms with Crippen molar-refractivity contribution < 1.29 is 52.6 Å². The number of benzene rings is 2. The third-order valence-electron chi connectivity index (χ3n) is 14.1. The quantitative estimate of drug-likeness (QED) is 0.0385. The third kappa shape index (κ3) is 11.5. The van der Waals surface area contributed by atoms with E-state index < -0.39 is 71.7 Å². The Kier molecular flexibility index (Phi) is 16.3. The highest BCUT2D eigenvalue weighted by Crippen LogP contribution is 2.46. The molecule has 0 bridgehead atoms. The minimum atomic E-state index is -2.03. The van der Waals surface area contributed by atoms with Gasteiger partial charge in [-0.15, -0.1) is 0 Å². The summed E-state index contributed by atoms with van der Waals surface area (Å²) in [6.45, 7) is 3.14. The fourth-order valence-corrected chi connectivity index (χ4v) is 10.1. The second-order valence-corrected chi connectivity index (χ2v) is 19.0. The zero-order valence-corrected chi connectivity index (χ0v) is 41.3. The molecule has 0 unspecified atom stereocenters. The Hall–Kier alpha value is -7.81. The van der Waals surface area contributed by atoms with E-state index in [1.807, 2.05) is 0 Å². The number of aromatic nitrogens is 2. The van der Waals surface area contributed by atoms with Crippen LogP contribution in [-0.4, -0.2) is 112 Å². The maximum absolute atomic E-state index is 15.4. The van der Waals surface area contributed by atoms with Crippen LogP contribution < -0.4 is 37.5 Å². The van der Waals surface area contributed by atoms with Crippen molar-refractivity contribution in [3.05, 3.63) is 110 Å². The van der Waals surface area contributed by atoms with Crippen LogP contribution in [0, 0.1) is 12.7 Å². The summed E-state index contributed by atoms with van der Waals surface area (Å²) in [4.78, 5) is 122. The number of halogens is 1. The van der Waals surface area contributed by atoms with Crippen molar-refractivity contribution in [2.24, 2.45) is 0 Å². The number of amides is 7. The van der Waals surface area contributed by atoms with E-state index in [1.54, 1.807) is 61.2 Å². The number of unbranched alkanes of at least 4 members (excludes halogenated alkanes) is 2. The van der Waals surface area contributed by atoms with Gasteiger partial charge in [0, 0.05) is 67.6 Å². The molecule has 0 saturated heterocycles. The van der Waals surface area contributed by atoms with E-state index in [1.165, 1.54) is 16.7 Å². The first-order chi connectivity index (χ1) is 35.6. The highest BCUT2D eigenvalue weighted by Gasteiger charge is 2.46. The van der Waals surface area contributed by atoms with E-state index in [-0.39, 0.29) is 87.2 Å². The number of esters is 1. The number of pyridine rings is 2. The summed E-state index contributed by atoms with van der Waals surface area (Å²) in [5.41, 5.74) is 2.24. The van der Waals surface area contributed by atoms with E-state index in [9.17, 15) is 48.3 Å². The molecule has 5 heterocycles. The van der Waals surface area contributed by atoms with Gasteiger partial charge in [0.05, 0.1) is 54.7 Å². The number of nitrogens with zero attached hydrogens (tertiary/aromatic N) is 3. The SMILES string of the molecule is CC[C@@]1(O)C(=O)OCc2c1cc1n(c2=O)Cc2c-1nc1cc(F)c(C)c3c1c2[C@@H](NC(=O)CCCNC(=O)CNC(=O)[C@H](Cc1ccccc1)NC(=O)CNC(=O)CNC(=O)CCCCCN1CC=CC1=O)CC3. The zero-order valence-electron chi connectivity index (χ0n) is 41.3. The van der Waals surface area contributed by atoms with Gasteiger partial charge in [0.2, 0.25) is 41.4 Å². The summed E-state index contributed by atoms with van der Waals surface area (Å²) < 4.78 is 22.1. The topological polar surface area (TPSA) is 276 Å². The number of carbonyl (C=O) groups excluding carboxylic acids is 8. The molecule has 74 heavy (non-hydrogen) atoms. The molecule has 21 heteroatoms. The van der Waals surface area contributed by atoms with Gasteiger partial charge in [0.1, 0.15) is 18.5 Å². The zero-order chi connectivity index (χ0) is 52.7. The van der Waals surface area contributed by atoms with Crippen molar-refractivity contribution in [3.8, 4) is 11.4 Å². The van der Waals surface area contributed by atoms with Gasteiger partial charge in [-0.05, 0) is 73.8 Å². The summed E-state index contributed by atoms with van der Waals surface area (Å²) in [5, 5.41) is 28.0. The molecule has 20 nitrogen and oxygen atoms in total. The molecule has 4 aromatic rings. The van der Waals surface area contributed by atoms with Crippen molar-refractivity contribution in [2.75, 3.05) is 39.3 Å². The summed E-state index contributed by atoms with van der Waals surface area (Å²) in [6, 6.07) is 10.2. The lowest BCUT2D eigenvalue weighted by atomic mass is 9.81. The van der Waals surface area contributed by atoms with Crippen LogP contribution in [0.2, 0.25) is 0 Å². The smallest absolute Gasteiger partial charge is 0.343 e. The first kappa shape index (κ1) is 52.5. The minimum Gasteiger partial charge on any atom is -0.458 e. The van der Waals surface area contributed by atoms with Gasteiger partial charge in [-0.2, -0.15) is 0 Å². The number of ether oxygens (including phenoxy) is 1. The lowest BCUT2D eigenvalue weighted by Gasteiger charge is -2.31. The van der Waals surface area contributed by atoms with Crippen LogP contribution in [0.15, 0.2) is 59.4 Å². The molecule has 0 saturated carbocycles. The summed E-state index contributed by atoms with van der Waals surface area (Å²) in [5.74, 6) is -4.43. The maximum atomic E-state index is 15.4. The van der Waals surface area contributed by atoms with E-state index in [2.05, 4.69) is 31.9 Å². The number of hydrogen-bond donors (Lipinski definition) is 7. The fraction of sp³-hybridized carbons (Fsp3) is 0.434. The van der Waals surface area contributed by atoms with Gasteiger partial charge in [-0.1, -0.05) is 49.8 Å². The van der Waals surface area contributed by atoms with Crippen LogP contribution >= 0.6 is 0 Å². The van der Waals surface area contributed by atoms with Gasteiger partial charge < -0.3 is 51.2 Å². The number of cyclic esters (lactones) is 1. The van der Waals surface area contributed by atoms with E-state index in [4.69, 9.17) is 9.72 Å². The average molecular weight is 1020 g/mol. The highest BCUT2D eigenvalue weighted by molar-refractivity contribution is 5.95. The van der Waals surface area contributed by atoms with E-state index >= 15 is 4.39 Å². The molecule has 1 aliphatic carbocycles. The molecule has 8 rings (SSSR count). The Balaban J connectivity index is 0.809. The van der Waals surface area contributed by atoms with Crippen LogP contribution in [0.5, 0.6) is 0 Å². The van der Waals surface area contributed by atoms with Crippen molar-refractivity contribution in [1.29, 1.82) is 0 Å². The lowest BCUT2D eigenvalue weighted by molar-refractivity contribution is -0.172. The monoisotopic (exact) mass is 1020 g/mol. The Morgan fingerprint density at radius 1 is 0.865 bits per heavy atom. The molecule has 2 aromatic carbocycles. The normalized spacial score (nSPS) is 17.4. The van der Waals surface area contributed by atoms with Crippen molar-refractivity contribution in [1.82, 2.24) is 46.4 Å². The Morgan fingerprint density at radius 2 is 1.59 bits per heavy atom. The molecule has 3 aliphatic heterocycles. The van der Waals surface area contributed by atoms with Crippen LogP contribution in [0.3, 0.4) is 0 Å². The number of rotatable bonds is 22. The molecule has 390 valence electrons. The number of aryl methyl sites for hydroxylation is 1. The van der Waals surface area contributed by atoms with Crippen LogP contribution in [0.4, 0.5) is 4.39 Å². The number of carbonyl (C=O) groups is 8. The second-order valence-electron chi connectivity index (χ2n) is 19.0. The number of aliphatic hydroxyl groups is 1. The average Bonchev–Trinajstić information content (AvgIpc) is 3.99. The maximum Gasteiger partial charge on any atom is 0.343 e. The largest absolute Gasteiger partial charge is 0.458 e. The number of nitrogens with one attached hydrogen (secondary N) is 6. The standard InChI is InChI=1S/C53H60FN9O11/c1-3-53(73)35-23-40-49-33(28-63(40)51(71)34(35)29-74-52(53)72)48-37(18-17-32-30(2)36(54)24-38(61-49)47(32)48)59-42(65)15-10-19-55-43(66)26-58-50(70)39(22-31-12-6-4-7-13-31)60-45(68)27-57-44(67)25-56-41(64)14-8-5-9-20-62-21-11-16-46(62)69/h4,6-7,11-13,16,23-24,37,39,73H,3,5,8-10,14-15,17-22,25-29H2,1-2H3,(H,55,66)(H,56,64)(H,57,67)(H,58,70)(H,59,65)(H,60,68)/t37-,39-,53-/m0/s1. The van der Waals surface area contributed by atoms with E-state index in [0.717, 1.165) is 24.0 Å². The van der Waals surface area contributed by atoms with Gasteiger partial charge in [0.15, 0.2) is 5.60 Å². The lowest BCUT2D eigenvalue weighted by Crippen LogP contribution is -2.52. The molecule has 0 radical (unpaired) electrons. The van der Waals surface area contributed by atoms with Gasteiger partial charge in [-0.25, -0.2) is 14.2 Å². The Labute approximate surface area is 425 Å². The molecule has 7 N–H and O–H groups in total. The molecule has 2 aromatic heterocycles. The van der Waals surface area contributed by atoms with Gasteiger partial charge >= 0.3 is 5.97 Å². The van der Waals surface area contributed by atoms with Crippen molar-refractivity contribution in [2.45, 2.75) is 109 Å². The van der Waals surface area contributed by atoms with Crippen molar-refractivity contribution >= 4 is 58.2 Å². The van der Waals surface area contributed by atoms with Crippen LogP contribution in [0.1, 0.15) is 103 Å². The molecule has 3 atom stereocenters. The Morgan fingerprint density at radius 3 is 2.35 bits per heavy atom. The van der Waals surface area contributed by atoms with E-state index in [0.29, 0.717) is 71.3 Å². The third-order valence-corrected chi connectivity index (χ3v) is 14.1. The first-order valence-electron chi connectivity index (χ1n) is 25.0. The molecule has 0 spiro atoms. The molecule has 7 amide bonds. The summed E-state index contributed by atoms with van der Waals surface area (Å²) in [7, 11) is 0. The predicted molar refractivity (Wildman–Crippen MR) is 266 cm³/mol. The first-order valence-corrected chi connectivity index (χ1v) is 25.0. The van der Waals surface area contributed by atoms with Crippen LogP contribution in [-0.2, 0) is 74.7 Å². The molecular formula is C53H60FN9O11.